The molecule has 0 radical (unpaired) electrons. The van der Waals surface area contributed by atoms with Crippen LogP contribution in [0.4, 0.5) is 11.4 Å². The van der Waals surface area contributed by atoms with E-state index >= 15 is 0 Å². The van der Waals surface area contributed by atoms with Crippen LogP contribution in [0.25, 0.3) is 6.08 Å². The Morgan fingerprint density at radius 3 is 2.74 bits per heavy atom. The van der Waals surface area contributed by atoms with E-state index in [1.54, 1.807) is 6.92 Å². The summed E-state index contributed by atoms with van der Waals surface area (Å²) in [5, 5.41) is 0. The number of amides is 1. The fourth-order valence-electron chi connectivity index (χ4n) is 5.09. The second kappa shape index (κ2) is 9.76. The number of thioether (sulfide) groups is 1. The number of nitrogens with zero attached hydrogens (tertiary/aromatic N) is 2. The molecule has 1 saturated carbocycles. The van der Waals surface area contributed by atoms with Gasteiger partial charge in [-0.2, -0.15) is 0 Å². The summed E-state index contributed by atoms with van der Waals surface area (Å²) in [5.41, 5.74) is 4.66. The smallest absolute Gasteiger partial charge is 0.326 e. The van der Waals surface area contributed by atoms with E-state index in [2.05, 4.69) is 73.2 Å². The van der Waals surface area contributed by atoms with E-state index in [0.717, 1.165) is 27.4 Å². The maximum atomic E-state index is 12.9. The number of carbonyl (C=O) groups is 2. The molecule has 2 aliphatic heterocycles. The first kappa shape index (κ1) is 24.0. The van der Waals surface area contributed by atoms with E-state index < -0.39 is 5.97 Å². The van der Waals surface area contributed by atoms with Crippen molar-refractivity contribution in [3.63, 3.8) is 0 Å². The average molecular weight is 622 g/mol. The number of esters is 1. The van der Waals surface area contributed by atoms with Gasteiger partial charge in [0, 0.05) is 26.6 Å². The van der Waals surface area contributed by atoms with Crippen LogP contribution < -0.4 is 4.90 Å². The van der Waals surface area contributed by atoms with Crippen molar-refractivity contribution in [2.45, 2.75) is 38.1 Å². The topological polar surface area (TPSA) is 49.9 Å². The quantitative estimate of drug-likeness (QED) is 0.209. The van der Waals surface area contributed by atoms with Crippen LogP contribution in [-0.4, -0.2) is 40.3 Å². The Hall–Kier alpha value is -1.68. The highest BCUT2D eigenvalue weighted by Crippen LogP contribution is 2.55. The minimum Gasteiger partial charge on any atom is -0.465 e. The number of hydrogen-bond acceptors (Lipinski definition) is 6. The summed E-state index contributed by atoms with van der Waals surface area (Å²) in [6.07, 6.45) is 5.39. The summed E-state index contributed by atoms with van der Waals surface area (Å²) in [6.45, 7) is 1.85. The van der Waals surface area contributed by atoms with E-state index in [-0.39, 0.29) is 19.1 Å². The summed E-state index contributed by atoms with van der Waals surface area (Å²) in [4.78, 5) is 29.1. The lowest BCUT2D eigenvalue weighted by Gasteiger charge is -2.28. The molecular formula is C25H22Br2N2O3S2. The second-order valence-electron chi connectivity index (χ2n) is 8.46. The van der Waals surface area contributed by atoms with Gasteiger partial charge in [0.25, 0.3) is 5.91 Å². The first-order valence-corrected chi connectivity index (χ1v) is 14.0. The molecule has 5 nitrogen and oxygen atoms in total. The molecule has 2 atom stereocenters. The van der Waals surface area contributed by atoms with E-state index in [1.807, 2.05) is 6.08 Å². The summed E-state index contributed by atoms with van der Waals surface area (Å²) in [7, 11) is 0. The number of hydrogen-bond donors (Lipinski definition) is 0. The van der Waals surface area contributed by atoms with Gasteiger partial charge in [0.15, 0.2) is 0 Å². The summed E-state index contributed by atoms with van der Waals surface area (Å²) >= 11 is 14.0. The molecule has 0 N–H and O–H groups in total. The molecule has 1 aliphatic carbocycles. The molecule has 2 heterocycles. The Bertz CT molecular complexity index is 1220. The number of fused-ring (bicyclic) bond motifs is 3. The molecule has 0 bridgehead atoms. The predicted molar refractivity (Wildman–Crippen MR) is 147 cm³/mol. The number of anilines is 2. The van der Waals surface area contributed by atoms with E-state index in [4.69, 9.17) is 17.0 Å². The lowest BCUT2D eigenvalue weighted by molar-refractivity contribution is -0.145. The van der Waals surface area contributed by atoms with Crippen LogP contribution in [0.2, 0.25) is 0 Å². The molecule has 176 valence electrons. The van der Waals surface area contributed by atoms with Crippen LogP contribution in [0.15, 0.2) is 50.2 Å². The van der Waals surface area contributed by atoms with Gasteiger partial charge in [0.1, 0.15) is 10.9 Å². The first-order valence-electron chi connectivity index (χ1n) is 11.2. The molecule has 3 aliphatic rings. The number of halogens is 2. The molecule has 1 saturated heterocycles. The molecule has 34 heavy (non-hydrogen) atoms. The van der Waals surface area contributed by atoms with Crippen LogP contribution in [0, 0.1) is 0 Å². The Labute approximate surface area is 225 Å². The highest BCUT2D eigenvalue weighted by Gasteiger charge is 2.43. The van der Waals surface area contributed by atoms with Crippen molar-refractivity contribution in [3.05, 3.63) is 61.4 Å². The third-order valence-corrected chi connectivity index (χ3v) is 8.95. The number of thiocarbonyl (C=S) groups is 1. The Morgan fingerprint density at radius 2 is 2.00 bits per heavy atom. The van der Waals surface area contributed by atoms with Crippen LogP contribution in [0.1, 0.15) is 43.2 Å². The minimum absolute atomic E-state index is 0.157. The summed E-state index contributed by atoms with van der Waals surface area (Å²) in [6, 6.07) is 13.2. The Balaban J connectivity index is 1.48. The van der Waals surface area contributed by atoms with Crippen molar-refractivity contribution < 1.29 is 14.3 Å². The predicted octanol–water partition coefficient (Wildman–Crippen LogP) is 6.76. The maximum absolute atomic E-state index is 12.9. The van der Waals surface area contributed by atoms with Gasteiger partial charge in [0.05, 0.1) is 17.2 Å². The normalized spacial score (nSPS) is 22.5. The van der Waals surface area contributed by atoms with E-state index in [1.165, 1.54) is 40.0 Å². The van der Waals surface area contributed by atoms with Crippen LogP contribution in [-0.2, 0) is 14.3 Å². The van der Waals surface area contributed by atoms with Gasteiger partial charge in [0.2, 0.25) is 0 Å². The maximum Gasteiger partial charge on any atom is 0.326 e. The van der Waals surface area contributed by atoms with Gasteiger partial charge in [-0.1, -0.05) is 46.3 Å². The average Bonchev–Trinajstić information content (AvgIpc) is 3.45. The Kier molecular flexibility index (Phi) is 6.90. The van der Waals surface area contributed by atoms with E-state index in [9.17, 15) is 9.59 Å². The lowest BCUT2D eigenvalue weighted by atomic mass is 9.96. The highest BCUT2D eigenvalue weighted by molar-refractivity contribution is 9.10. The zero-order valence-corrected chi connectivity index (χ0v) is 23.2. The van der Waals surface area contributed by atoms with Crippen molar-refractivity contribution in [2.75, 3.05) is 18.1 Å². The van der Waals surface area contributed by atoms with Gasteiger partial charge in [-0.3, -0.25) is 14.5 Å². The Morgan fingerprint density at radius 1 is 1.24 bits per heavy atom. The van der Waals surface area contributed by atoms with Crippen molar-refractivity contribution in [1.82, 2.24) is 4.90 Å². The molecule has 2 unspecified atom stereocenters. The number of ether oxygens (including phenoxy) is 1. The molecular weight excluding hydrogens is 600 g/mol. The zero-order chi connectivity index (χ0) is 24.0. The molecule has 5 rings (SSSR count). The van der Waals surface area contributed by atoms with Crippen LogP contribution >= 0.6 is 55.8 Å². The third kappa shape index (κ3) is 4.36. The largest absolute Gasteiger partial charge is 0.465 e. The summed E-state index contributed by atoms with van der Waals surface area (Å²) < 4.78 is 7.43. The zero-order valence-electron chi connectivity index (χ0n) is 18.4. The number of carbonyl (C=O) groups excluding carboxylic acids is 2. The van der Waals surface area contributed by atoms with Crippen molar-refractivity contribution in [3.8, 4) is 0 Å². The minimum atomic E-state index is -0.458. The summed E-state index contributed by atoms with van der Waals surface area (Å²) in [5.74, 6) is -0.253. The van der Waals surface area contributed by atoms with Crippen LogP contribution in [0.3, 0.4) is 0 Å². The number of benzene rings is 2. The fraction of sp³-hybridized carbons (Fsp3) is 0.320. The second-order valence-corrected chi connectivity index (χ2v) is 11.9. The van der Waals surface area contributed by atoms with Gasteiger partial charge in [-0.25, -0.2) is 0 Å². The molecule has 1 amide bonds. The standard InChI is InChI=1S/C25H22Br2N2O3S2/c1-2-32-22(30)13-28-24(31)21(34-25(28)33)12-14-10-18-17-4-3-5-20(17)29(23(18)19(27)11-14)16-8-6-15(26)7-9-16/h6-12,17,20H,2-5,13H2,1H3/b21-12+. The molecule has 0 aromatic heterocycles. The SMILES string of the molecule is CCOC(=O)CN1C(=O)/C(=C\c2cc(Br)c3c(c2)C2CCCC2N3c2ccc(Br)cc2)SC1=S. The van der Waals surface area contributed by atoms with Crippen molar-refractivity contribution in [2.24, 2.45) is 0 Å². The lowest BCUT2D eigenvalue weighted by Crippen LogP contribution is -2.34. The third-order valence-electron chi connectivity index (χ3n) is 6.44. The first-order chi connectivity index (χ1) is 16.4. The molecule has 2 aromatic rings. The molecule has 0 spiro atoms. The molecule has 2 fully saturated rings. The molecule has 2 aromatic carbocycles. The fourth-order valence-corrected chi connectivity index (χ4v) is 7.29. The van der Waals surface area contributed by atoms with Crippen molar-refractivity contribution in [1.29, 1.82) is 0 Å². The van der Waals surface area contributed by atoms with E-state index in [0.29, 0.717) is 21.2 Å². The van der Waals surface area contributed by atoms with Gasteiger partial charge < -0.3 is 9.64 Å². The van der Waals surface area contributed by atoms with Gasteiger partial charge in [-0.15, -0.1) is 0 Å². The van der Waals surface area contributed by atoms with Gasteiger partial charge >= 0.3 is 5.97 Å². The molecule has 9 heteroatoms. The highest BCUT2D eigenvalue weighted by atomic mass is 79.9. The van der Waals surface area contributed by atoms with Crippen LogP contribution in [0.5, 0.6) is 0 Å². The number of rotatable bonds is 5. The van der Waals surface area contributed by atoms with Crippen molar-refractivity contribution >= 4 is 89.5 Å². The van der Waals surface area contributed by atoms with Gasteiger partial charge in [-0.05, 0) is 89.3 Å². The monoisotopic (exact) mass is 620 g/mol.